The van der Waals surface area contributed by atoms with Crippen LogP contribution in [0, 0.1) is 0 Å². The first-order valence-corrected chi connectivity index (χ1v) is 9.32. The zero-order chi connectivity index (χ0) is 17.9. The topological polar surface area (TPSA) is 68.2 Å². The summed E-state index contributed by atoms with van der Waals surface area (Å²) in [4.78, 5) is 4.55. The average Bonchev–Trinajstić information content (AvgIpc) is 3.11. The van der Waals surface area contributed by atoms with Crippen molar-refractivity contribution in [2.24, 2.45) is 4.99 Å². The van der Waals surface area contributed by atoms with Crippen molar-refractivity contribution in [2.45, 2.75) is 11.3 Å². The molecule has 2 aromatic rings. The Morgan fingerprint density at radius 3 is 2.44 bits per heavy atom. The van der Waals surface area contributed by atoms with E-state index >= 15 is 0 Å². The summed E-state index contributed by atoms with van der Waals surface area (Å²) in [6.45, 7) is 0.813. The first-order chi connectivity index (χ1) is 12.1. The number of amidine groups is 1. The summed E-state index contributed by atoms with van der Waals surface area (Å²) >= 11 is 0. The first kappa shape index (κ1) is 17.3. The van der Waals surface area contributed by atoms with Crippen LogP contribution in [0.2, 0.25) is 0 Å². The number of benzene rings is 2. The molecule has 25 heavy (non-hydrogen) atoms. The third kappa shape index (κ3) is 3.46. The van der Waals surface area contributed by atoms with Gasteiger partial charge in [0, 0.05) is 12.5 Å². The summed E-state index contributed by atoms with van der Waals surface area (Å²) in [5.74, 6) is 1.42. The molecule has 0 bridgehead atoms. The van der Waals surface area contributed by atoms with Crippen LogP contribution in [0.15, 0.2) is 58.4 Å². The predicted molar refractivity (Wildman–Crippen MR) is 95.9 cm³/mol. The van der Waals surface area contributed by atoms with Crippen molar-refractivity contribution in [3.63, 3.8) is 0 Å². The van der Waals surface area contributed by atoms with Crippen molar-refractivity contribution in [2.75, 3.05) is 27.3 Å². The van der Waals surface area contributed by atoms with Gasteiger partial charge in [0.05, 0.1) is 32.2 Å². The lowest BCUT2D eigenvalue weighted by Crippen LogP contribution is -2.35. The van der Waals surface area contributed by atoms with Gasteiger partial charge in [-0.3, -0.25) is 9.30 Å². The smallest absolute Gasteiger partial charge is 0.265 e. The Morgan fingerprint density at radius 2 is 1.76 bits per heavy atom. The van der Waals surface area contributed by atoms with Crippen LogP contribution in [0.5, 0.6) is 11.5 Å². The van der Waals surface area contributed by atoms with Gasteiger partial charge in [-0.1, -0.05) is 30.3 Å². The highest BCUT2D eigenvalue weighted by Crippen LogP contribution is 2.31. The molecule has 0 N–H and O–H groups in total. The van der Waals surface area contributed by atoms with Crippen LogP contribution < -0.4 is 9.47 Å². The summed E-state index contributed by atoms with van der Waals surface area (Å²) in [6, 6.07) is 14.3. The Morgan fingerprint density at radius 1 is 1.04 bits per heavy atom. The number of sulfonamides is 1. The van der Waals surface area contributed by atoms with E-state index in [4.69, 9.17) is 9.47 Å². The van der Waals surface area contributed by atoms with Gasteiger partial charge in [0.1, 0.15) is 5.84 Å². The van der Waals surface area contributed by atoms with E-state index in [0.29, 0.717) is 36.8 Å². The van der Waals surface area contributed by atoms with E-state index in [1.165, 1.54) is 30.7 Å². The van der Waals surface area contributed by atoms with Crippen molar-refractivity contribution in [1.82, 2.24) is 4.31 Å². The minimum Gasteiger partial charge on any atom is -0.493 e. The van der Waals surface area contributed by atoms with Gasteiger partial charge in [-0.05, 0) is 17.7 Å². The Balaban J connectivity index is 1.90. The second kappa shape index (κ2) is 7.14. The number of ether oxygens (including phenoxy) is 2. The van der Waals surface area contributed by atoms with Gasteiger partial charge < -0.3 is 9.47 Å². The summed E-state index contributed by atoms with van der Waals surface area (Å²) < 4.78 is 37.9. The van der Waals surface area contributed by atoms with E-state index in [1.807, 2.05) is 30.3 Å². The quantitative estimate of drug-likeness (QED) is 0.793. The fourth-order valence-corrected chi connectivity index (χ4v) is 4.24. The molecule has 0 saturated heterocycles. The molecule has 1 aliphatic rings. The minimum absolute atomic E-state index is 0.160. The maximum Gasteiger partial charge on any atom is 0.265 e. The van der Waals surface area contributed by atoms with Crippen LogP contribution in [0.4, 0.5) is 0 Å². The maximum atomic E-state index is 13.1. The highest BCUT2D eigenvalue weighted by molar-refractivity contribution is 7.89. The average molecular weight is 360 g/mol. The maximum absolute atomic E-state index is 13.1. The van der Waals surface area contributed by atoms with Crippen molar-refractivity contribution in [1.29, 1.82) is 0 Å². The molecule has 0 spiro atoms. The van der Waals surface area contributed by atoms with Crippen LogP contribution in [0.25, 0.3) is 0 Å². The van der Waals surface area contributed by atoms with Gasteiger partial charge in [0.2, 0.25) is 0 Å². The van der Waals surface area contributed by atoms with E-state index < -0.39 is 10.0 Å². The van der Waals surface area contributed by atoms with E-state index in [-0.39, 0.29) is 4.90 Å². The number of rotatable bonds is 6. The van der Waals surface area contributed by atoms with Gasteiger partial charge >= 0.3 is 0 Å². The molecule has 7 heteroatoms. The molecule has 0 atom stereocenters. The Kier molecular flexibility index (Phi) is 4.94. The molecule has 1 aliphatic heterocycles. The fourth-order valence-electron chi connectivity index (χ4n) is 2.76. The van der Waals surface area contributed by atoms with Crippen LogP contribution in [-0.2, 0) is 16.4 Å². The molecule has 0 unspecified atom stereocenters. The first-order valence-electron chi connectivity index (χ1n) is 7.88. The largest absolute Gasteiger partial charge is 0.493 e. The van der Waals surface area contributed by atoms with Crippen molar-refractivity contribution in [3.8, 4) is 11.5 Å². The van der Waals surface area contributed by atoms with Crippen molar-refractivity contribution >= 4 is 15.9 Å². The van der Waals surface area contributed by atoms with E-state index in [0.717, 1.165) is 5.56 Å². The molecule has 0 fully saturated rings. The summed E-state index contributed by atoms with van der Waals surface area (Å²) in [6.07, 6.45) is 0.480. The van der Waals surface area contributed by atoms with Crippen LogP contribution in [0.1, 0.15) is 5.56 Å². The molecule has 3 rings (SSSR count). The standard InChI is InChI=1S/C18H20N2O4S/c1-23-16-9-8-15(13-17(16)24-2)25(21,22)20-11-10-19-18(20)12-14-6-4-3-5-7-14/h3-9,13H,10-12H2,1-2H3. The van der Waals surface area contributed by atoms with Gasteiger partial charge in [0.15, 0.2) is 11.5 Å². The van der Waals surface area contributed by atoms with E-state index in [1.54, 1.807) is 6.07 Å². The summed E-state index contributed by atoms with van der Waals surface area (Å²) in [7, 11) is -0.709. The molecule has 0 saturated carbocycles. The second-order valence-electron chi connectivity index (χ2n) is 5.55. The number of nitrogens with zero attached hydrogens (tertiary/aromatic N) is 2. The number of aliphatic imine (C=N–C) groups is 1. The fraction of sp³-hybridized carbons (Fsp3) is 0.278. The monoisotopic (exact) mass is 360 g/mol. The Bertz CT molecular complexity index is 879. The lowest BCUT2D eigenvalue weighted by molar-refractivity contribution is 0.353. The summed E-state index contributed by atoms with van der Waals surface area (Å²) in [5, 5.41) is 0. The lowest BCUT2D eigenvalue weighted by Gasteiger charge is -2.21. The van der Waals surface area contributed by atoms with E-state index in [9.17, 15) is 8.42 Å². The third-order valence-corrected chi connectivity index (χ3v) is 5.86. The number of methoxy groups -OCH3 is 2. The lowest BCUT2D eigenvalue weighted by atomic mass is 10.1. The minimum atomic E-state index is -3.70. The van der Waals surface area contributed by atoms with Gasteiger partial charge in [0.25, 0.3) is 10.0 Å². The molecule has 6 nitrogen and oxygen atoms in total. The third-order valence-electron chi connectivity index (χ3n) is 4.03. The van der Waals surface area contributed by atoms with Crippen LogP contribution in [0.3, 0.4) is 0 Å². The number of hydrogen-bond donors (Lipinski definition) is 0. The van der Waals surface area contributed by atoms with Crippen LogP contribution >= 0.6 is 0 Å². The molecule has 0 aromatic heterocycles. The van der Waals surface area contributed by atoms with Crippen LogP contribution in [-0.4, -0.2) is 45.9 Å². The normalized spacial score (nSPS) is 14.3. The molecule has 1 heterocycles. The van der Waals surface area contributed by atoms with Gasteiger partial charge in [-0.15, -0.1) is 0 Å². The van der Waals surface area contributed by atoms with Gasteiger partial charge in [-0.2, -0.15) is 0 Å². The van der Waals surface area contributed by atoms with E-state index in [2.05, 4.69) is 4.99 Å². The zero-order valence-corrected chi connectivity index (χ0v) is 15.0. The Labute approximate surface area is 147 Å². The molecule has 0 aliphatic carbocycles. The molecule has 0 radical (unpaired) electrons. The molecule has 0 amide bonds. The van der Waals surface area contributed by atoms with Crippen molar-refractivity contribution < 1.29 is 17.9 Å². The number of hydrogen-bond acceptors (Lipinski definition) is 5. The van der Waals surface area contributed by atoms with Gasteiger partial charge in [-0.25, -0.2) is 8.42 Å². The molecular weight excluding hydrogens is 340 g/mol. The zero-order valence-electron chi connectivity index (χ0n) is 14.2. The molecule has 132 valence electrons. The Hall–Kier alpha value is -2.54. The summed E-state index contributed by atoms with van der Waals surface area (Å²) in [5.41, 5.74) is 1.02. The highest BCUT2D eigenvalue weighted by atomic mass is 32.2. The molecule has 2 aromatic carbocycles. The second-order valence-corrected chi connectivity index (χ2v) is 7.42. The highest BCUT2D eigenvalue weighted by Gasteiger charge is 2.31. The van der Waals surface area contributed by atoms with Crippen molar-refractivity contribution in [3.05, 3.63) is 54.1 Å². The SMILES string of the molecule is COc1ccc(S(=O)(=O)N2CCN=C2Cc2ccccc2)cc1OC. The predicted octanol–water partition coefficient (Wildman–Crippen LogP) is 2.35. The molecular formula is C18H20N2O4S.